The number of benzene rings is 1. The van der Waals surface area contributed by atoms with E-state index in [4.69, 9.17) is 4.74 Å². The van der Waals surface area contributed by atoms with Crippen LogP contribution in [0.15, 0.2) is 30.3 Å². The summed E-state index contributed by atoms with van der Waals surface area (Å²) in [5.74, 6) is 0.0458. The fourth-order valence-corrected chi connectivity index (χ4v) is 3.28. The minimum atomic E-state index is -0.427. The van der Waals surface area contributed by atoms with Gasteiger partial charge < -0.3 is 15.0 Å². The van der Waals surface area contributed by atoms with Gasteiger partial charge in [0.2, 0.25) is 11.8 Å². The molecule has 1 unspecified atom stereocenters. The van der Waals surface area contributed by atoms with Gasteiger partial charge in [-0.15, -0.1) is 0 Å². The Kier molecular flexibility index (Phi) is 5.19. The first-order chi connectivity index (χ1) is 11.6. The van der Waals surface area contributed by atoms with Gasteiger partial charge in [-0.1, -0.05) is 37.3 Å². The molecule has 3 rings (SSSR count). The molecule has 1 aliphatic carbocycles. The van der Waals surface area contributed by atoms with Crippen molar-refractivity contribution >= 4 is 11.8 Å². The van der Waals surface area contributed by atoms with Crippen LogP contribution in [0.2, 0.25) is 0 Å². The van der Waals surface area contributed by atoms with E-state index in [1.54, 1.807) is 4.90 Å². The summed E-state index contributed by atoms with van der Waals surface area (Å²) in [6.45, 7) is 4.32. The van der Waals surface area contributed by atoms with Gasteiger partial charge in [0.25, 0.3) is 0 Å². The highest BCUT2D eigenvalue weighted by Gasteiger charge is 2.50. The number of nitrogens with one attached hydrogen (secondary N) is 1. The highest BCUT2D eigenvalue weighted by atomic mass is 16.5. The Morgan fingerprint density at radius 3 is 2.46 bits per heavy atom. The molecule has 2 fully saturated rings. The van der Waals surface area contributed by atoms with Crippen molar-refractivity contribution in [1.29, 1.82) is 0 Å². The first-order valence-corrected chi connectivity index (χ1v) is 8.86. The molecule has 2 aliphatic rings. The number of ether oxygens (including phenoxy) is 1. The number of hydrogen-bond donors (Lipinski definition) is 1. The topological polar surface area (TPSA) is 58.6 Å². The van der Waals surface area contributed by atoms with Gasteiger partial charge in [-0.05, 0) is 31.2 Å². The van der Waals surface area contributed by atoms with Crippen LogP contribution in [-0.4, -0.2) is 49.1 Å². The molecule has 2 amide bonds. The van der Waals surface area contributed by atoms with Crippen LogP contribution in [0.25, 0.3) is 0 Å². The predicted molar refractivity (Wildman–Crippen MR) is 91.4 cm³/mol. The van der Waals surface area contributed by atoms with Crippen LogP contribution in [0.3, 0.4) is 0 Å². The van der Waals surface area contributed by atoms with Crippen molar-refractivity contribution in [2.45, 2.75) is 38.6 Å². The van der Waals surface area contributed by atoms with E-state index in [9.17, 15) is 9.59 Å². The SMILES string of the molecule is CCC(NC(=O)C1(Cc2ccccc2)CC1)C(=O)N1CCOCC1. The molecule has 24 heavy (non-hydrogen) atoms. The van der Waals surface area contributed by atoms with Crippen LogP contribution in [0.1, 0.15) is 31.7 Å². The molecule has 1 heterocycles. The lowest BCUT2D eigenvalue weighted by molar-refractivity contribution is -0.141. The number of morpholine rings is 1. The summed E-state index contributed by atoms with van der Waals surface area (Å²) in [5.41, 5.74) is 0.859. The Morgan fingerprint density at radius 2 is 1.88 bits per heavy atom. The van der Waals surface area contributed by atoms with Gasteiger partial charge in [0.05, 0.1) is 18.6 Å². The lowest BCUT2D eigenvalue weighted by Crippen LogP contribution is -2.52. The number of amides is 2. The number of carbonyl (C=O) groups is 2. The van der Waals surface area contributed by atoms with Crippen molar-refractivity contribution in [3.8, 4) is 0 Å². The summed E-state index contributed by atoms with van der Waals surface area (Å²) in [5, 5.41) is 3.02. The number of carbonyl (C=O) groups excluding carboxylic acids is 2. The smallest absolute Gasteiger partial charge is 0.245 e. The highest BCUT2D eigenvalue weighted by Crippen LogP contribution is 2.48. The van der Waals surface area contributed by atoms with Crippen LogP contribution in [0.4, 0.5) is 0 Å². The number of nitrogens with zero attached hydrogens (tertiary/aromatic N) is 1. The molecule has 1 aromatic carbocycles. The summed E-state index contributed by atoms with van der Waals surface area (Å²) in [4.78, 5) is 27.2. The summed E-state index contributed by atoms with van der Waals surface area (Å²) in [6.07, 6.45) is 3.16. The zero-order chi connectivity index (χ0) is 17.0. The van der Waals surface area contributed by atoms with Crippen molar-refractivity contribution in [2.75, 3.05) is 26.3 Å². The summed E-state index contributed by atoms with van der Waals surface area (Å²) >= 11 is 0. The van der Waals surface area contributed by atoms with E-state index in [1.165, 1.54) is 5.56 Å². The third kappa shape index (κ3) is 3.78. The molecule has 1 aliphatic heterocycles. The maximum absolute atomic E-state index is 12.8. The Morgan fingerprint density at radius 1 is 1.21 bits per heavy atom. The van der Waals surface area contributed by atoms with E-state index in [1.807, 2.05) is 25.1 Å². The first kappa shape index (κ1) is 17.0. The van der Waals surface area contributed by atoms with Gasteiger partial charge in [0.15, 0.2) is 0 Å². The molecule has 1 saturated carbocycles. The molecule has 0 bridgehead atoms. The molecule has 1 aromatic rings. The maximum atomic E-state index is 12.8. The van der Waals surface area contributed by atoms with E-state index in [0.717, 1.165) is 19.3 Å². The van der Waals surface area contributed by atoms with Crippen molar-refractivity contribution < 1.29 is 14.3 Å². The molecule has 1 atom stereocenters. The van der Waals surface area contributed by atoms with Gasteiger partial charge in [-0.2, -0.15) is 0 Å². The van der Waals surface area contributed by atoms with E-state index < -0.39 is 6.04 Å². The van der Waals surface area contributed by atoms with Gasteiger partial charge in [-0.25, -0.2) is 0 Å². The summed E-state index contributed by atoms with van der Waals surface area (Å²) < 4.78 is 5.29. The molecule has 0 aromatic heterocycles. The largest absolute Gasteiger partial charge is 0.378 e. The molecule has 0 spiro atoms. The van der Waals surface area contributed by atoms with Crippen molar-refractivity contribution in [2.24, 2.45) is 5.41 Å². The van der Waals surface area contributed by atoms with Crippen molar-refractivity contribution in [1.82, 2.24) is 10.2 Å². The lowest BCUT2D eigenvalue weighted by atomic mass is 9.95. The maximum Gasteiger partial charge on any atom is 0.245 e. The normalized spacial score (nSPS) is 20.3. The zero-order valence-electron chi connectivity index (χ0n) is 14.3. The second-order valence-electron chi connectivity index (χ2n) is 6.81. The Hall–Kier alpha value is -1.88. The van der Waals surface area contributed by atoms with Crippen LogP contribution >= 0.6 is 0 Å². The van der Waals surface area contributed by atoms with Crippen LogP contribution in [0.5, 0.6) is 0 Å². The molecule has 1 saturated heterocycles. The lowest BCUT2D eigenvalue weighted by Gasteiger charge is -2.31. The Labute approximate surface area is 143 Å². The van der Waals surface area contributed by atoms with Gasteiger partial charge in [0, 0.05) is 13.1 Å². The average molecular weight is 330 g/mol. The monoisotopic (exact) mass is 330 g/mol. The van der Waals surface area contributed by atoms with Gasteiger partial charge in [0.1, 0.15) is 6.04 Å². The van der Waals surface area contributed by atoms with Gasteiger partial charge >= 0.3 is 0 Å². The molecule has 130 valence electrons. The summed E-state index contributed by atoms with van der Waals surface area (Å²) in [7, 11) is 0. The fourth-order valence-electron chi connectivity index (χ4n) is 3.28. The molecular weight excluding hydrogens is 304 g/mol. The minimum absolute atomic E-state index is 0.0182. The quantitative estimate of drug-likeness (QED) is 0.865. The van der Waals surface area contributed by atoms with E-state index in [0.29, 0.717) is 32.7 Å². The highest BCUT2D eigenvalue weighted by molar-refractivity contribution is 5.91. The first-order valence-electron chi connectivity index (χ1n) is 8.86. The fraction of sp³-hybridized carbons (Fsp3) is 0.579. The molecule has 0 radical (unpaired) electrons. The predicted octanol–water partition coefficient (Wildman–Crippen LogP) is 1.76. The third-order valence-corrected chi connectivity index (χ3v) is 5.05. The van der Waals surface area contributed by atoms with E-state index >= 15 is 0 Å². The second kappa shape index (κ2) is 7.34. The third-order valence-electron chi connectivity index (χ3n) is 5.05. The average Bonchev–Trinajstić information content (AvgIpc) is 3.41. The summed E-state index contributed by atoms with van der Waals surface area (Å²) in [6, 6.07) is 9.67. The van der Waals surface area contributed by atoms with E-state index in [-0.39, 0.29) is 17.2 Å². The molecule has 1 N–H and O–H groups in total. The molecule has 5 nitrogen and oxygen atoms in total. The van der Waals surface area contributed by atoms with Gasteiger partial charge in [-0.3, -0.25) is 9.59 Å². The molecular formula is C19H26N2O3. The van der Waals surface area contributed by atoms with Crippen LogP contribution in [-0.2, 0) is 20.7 Å². The Bertz CT molecular complexity index is 578. The van der Waals surface area contributed by atoms with Crippen molar-refractivity contribution in [3.63, 3.8) is 0 Å². The zero-order valence-corrected chi connectivity index (χ0v) is 14.3. The second-order valence-corrected chi connectivity index (χ2v) is 6.81. The minimum Gasteiger partial charge on any atom is -0.378 e. The molecule has 5 heteroatoms. The number of rotatable bonds is 6. The van der Waals surface area contributed by atoms with Crippen LogP contribution < -0.4 is 5.32 Å². The van der Waals surface area contributed by atoms with E-state index in [2.05, 4.69) is 17.4 Å². The number of hydrogen-bond acceptors (Lipinski definition) is 3. The Balaban J connectivity index is 1.60. The van der Waals surface area contributed by atoms with Crippen LogP contribution in [0, 0.1) is 5.41 Å². The standard InChI is InChI=1S/C19H26N2O3/c1-2-16(17(22)21-10-12-24-13-11-21)20-18(23)19(8-9-19)14-15-6-4-3-5-7-15/h3-7,16H,2,8-14H2,1H3,(H,20,23). The van der Waals surface area contributed by atoms with Crippen molar-refractivity contribution in [3.05, 3.63) is 35.9 Å².